The maximum absolute atomic E-state index is 14.0. The van der Waals surface area contributed by atoms with Gasteiger partial charge in [-0.25, -0.2) is 17.8 Å². The van der Waals surface area contributed by atoms with Crippen molar-refractivity contribution in [3.8, 4) is 0 Å². The summed E-state index contributed by atoms with van der Waals surface area (Å²) < 4.78 is 43.4. The molecule has 0 spiro atoms. The highest BCUT2D eigenvalue weighted by Crippen LogP contribution is 2.25. The maximum atomic E-state index is 14.0. The minimum atomic E-state index is -3.70. The smallest absolute Gasteiger partial charge is 0.263 e. The third-order valence-electron chi connectivity index (χ3n) is 6.24. The van der Waals surface area contributed by atoms with E-state index in [4.69, 9.17) is 0 Å². The van der Waals surface area contributed by atoms with E-state index in [1.54, 1.807) is 48.0 Å². The molecule has 35 heavy (non-hydrogen) atoms. The van der Waals surface area contributed by atoms with E-state index in [0.29, 0.717) is 42.2 Å². The number of aromatic nitrogens is 2. The van der Waals surface area contributed by atoms with Crippen molar-refractivity contribution >= 4 is 49.0 Å². The standard InChI is InChI=1S/C24H24FN5O3S2/c1-17(30-11-9-20-21(25)3-2-4-22(20)30)23(31)29-14-12-28(13-15-29)18-5-7-19(8-6-18)35(32,33)27-24-26-10-16-34-24/h2-11,16-17H,12-15H2,1H3,(H,26,27). The molecule has 1 unspecified atom stereocenters. The Morgan fingerprint density at radius 2 is 1.83 bits per heavy atom. The molecule has 2 aromatic heterocycles. The van der Waals surface area contributed by atoms with Crippen LogP contribution in [-0.2, 0) is 14.8 Å². The summed E-state index contributed by atoms with van der Waals surface area (Å²) in [6.07, 6.45) is 3.29. The first-order valence-electron chi connectivity index (χ1n) is 11.1. The number of thiazole rings is 1. The van der Waals surface area contributed by atoms with Gasteiger partial charge in [0.1, 0.15) is 11.9 Å². The molecule has 2 aromatic carbocycles. The molecule has 182 valence electrons. The fourth-order valence-corrected chi connectivity index (χ4v) is 6.13. The van der Waals surface area contributed by atoms with Crippen molar-refractivity contribution in [1.29, 1.82) is 0 Å². The molecule has 1 N–H and O–H groups in total. The highest BCUT2D eigenvalue weighted by molar-refractivity contribution is 7.93. The summed E-state index contributed by atoms with van der Waals surface area (Å²) in [5.41, 5.74) is 1.59. The summed E-state index contributed by atoms with van der Waals surface area (Å²) in [7, 11) is -3.70. The molecule has 1 aliphatic heterocycles. The van der Waals surface area contributed by atoms with E-state index in [2.05, 4.69) is 14.6 Å². The second-order valence-electron chi connectivity index (χ2n) is 8.32. The van der Waals surface area contributed by atoms with Gasteiger partial charge in [0.2, 0.25) is 5.91 Å². The Balaban J connectivity index is 1.22. The van der Waals surface area contributed by atoms with Crippen LogP contribution >= 0.6 is 11.3 Å². The summed E-state index contributed by atoms with van der Waals surface area (Å²) in [4.78, 5) is 21.2. The largest absolute Gasteiger partial charge is 0.368 e. The lowest BCUT2D eigenvalue weighted by Crippen LogP contribution is -2.50. The lowest BCUT2D eigenvalue weighted by molar-refractivity contribution is -0.134. The van der Waals surface area contributed by atoms with Crippen molar-refractivity contribution in [1.82, 2.24) is 14.5 Å². The molecule has 11 heteroatoms. The van der Waals surface area contributed by atoms with Crippen LogP contribution in [0.4, 0.5) is 15.2 Å². The number of benzene rings is 2. The van der Waals surface area contributed by atoms with Gasteiger partial charge in [-0.15, -0.1) is 11.3 Å². The van der Waals surface area contributed by atoms with Crippen LogP contribution < -0.4 is 9.62 Å². The molecule has 0 saturated carbocycles. The number of halogens is 1. The number of anilines is 2. The number of rotatable bonds is 6. The number of carbonyl (C=O) groups is 1. The molecule has 4 aromatic rings. The van der Waals surface area contributed by atoms with E-state index in [1.807, 2.05) is 22.5 Å². The number of hydrogen-bond acceptors (Lipinski definition) is 6. The van der Waals surface area contributed by atoms with Gasteiger partial charge in [0.05, 0.1) is 10.4 Å². The van der Waals surface area contributed by atoms with Gasteiger partial charge in [0.25, 0.3) is 10.0 Å². The van der Waals surface area contributed by atoms with Gasteiger partial charge < -0.3 is 14.4 Å². The van der Waals surface area contributed by atoms with E-state index in [-0.39, 0.29) is 16.6 Å². The first-order valence-corrected chi connectivity index (χ1v) is 13.5. The summed E-state index contributed by atoms with van der Waals surface area (Å²) in [6.45, 7) is 4.18. The lowest BCUT2D eigenvalue weighted by atomic mass is 10.2. The van der Waals surface area contributed by atoms with Crippen LogP contribution in [0.15, 0.2) is 71.2 Å². The number of carbonyl (C=O) groups excluding carboxylic acids is 1. The Kier molecular flexibility index (Phi) is 6.20. The van der Waals surface area contributed by atoms with Gasteiger partial charge in [-0.2, -0.15) is 0 Å². The predicted molar refractivity (Wildman–Crippen MR) is 135 cm³/mol. The first-order chi connectivity index (χ1) is 16.8. The Hall–Kier alpha value is -3.44. The molecular weight excluding hydrogens is 489 g/mol. The molecule has 1 amide bonds. The topological polar surface area (TPSA) is 87.5 Å². The van der Waals surface area contributed by atoms with Crippen LogP contribution in [0.1, 0.15) is 13.0 Å². The zero-order valence-electron chi connectivity index (χ0n) is 19.0. The van der Waals surface area contributed by atoms with Crippen LogP contribution in [0.3, 0.4) is 0 Å². The van der Waals surface area contributed by atoms with Gasteiger partial charge >= 0.3 is 0 Å². The molecule has 0 aliphatic carbocycles. The molecule has 0 bridgehead atoms. The quantitative estimate of drug-likeness (QED) is 0.422. The third kappa shape index (κ3) is 4.61. The molecule has 1 saturated heterocycles. The van der Waals surface area contributed by atoms with E-state index < -0.39 is 16.1 Å². The van der Waals surface area contributed by atoms with Gasteiger partial charge in [0.15, 0.2) is 5.13 Å². The molecule has 1 fully saturated rings. The fourth-order valence-electron chi connectivity index (χ4n) is 4.34. The first kappa shape index (κ1) is 23.3. The zero-order valence-corrected chi connectivity index (χ0v) is 20.6. The summed E-state index contributed by atoms with van der Waals surface area (Å²) in [5.74, 6) is -0.312. The molecular formula is C24H24FN5O3S2. The Labute approximate surface area is 206 Å². The number of sulfonamides is 1. The second-order valence-corrected chi connectivity index (χ2v) is 10.9. The molecule has 1 aliphatic rings. The number of fused-ring (bicyclic) bond motifs is 1. The fraction of sp³-hybridized carbons (Fsp3) is 0.250. The summed E-state index contributed by atoms with van der Waals surface area (Å²) in [5, 5.41) is 2.53. The molecule has 5 rings (SSSR count). The number of nitrogens with one attached hydrogen (secondary N) is 1. The predicted octanol–water partition coefficient (Wildman–Crippen LogP) is 3.95. The minimum absolute atomic E-state index is 0.0129. The monoisotopic (exact) mass is 513 g/mol. The van der Waals surface area contributed by atoms with Gasteiger partial charge in [0, 0.05) is 55.0 Å². The van der Waals surface area contributed by atoms with E-state index in [0.717, 1.165) is 5.69 Å². The number of piperazine rings is 1. The van der Waals surface area contributed by atoms with Gasteiger partial charge in [-0.1, -0.05) is 6.07 Å². The summed E-state index contributed by atoms with van der Waals surface area (Å²) in [6, 6.07) is 12.8. The SMILES string of the molecule is CC(C(=O)N1CCN(c2ccc(S(=O)(=O)Nc3nccs3)cc2)CC1)n1ccc2c(F)cccc21. The van der Waals surface area contributed by atoms with Crippen LogP contribution in [0.25, 0.3) is 10.9 Å². The highest BCUT2D eigenvalue weighted by Gasteiger charge is 2.27. The van der Waals surface area contributed by atoms with Crippen LogP contribution in [0, 0.1) is 5.82 Å². The van der Waals surface area contributed by atoms with E-state index in [9.17, 15) is 17.6 Å². The number of amides is 1. The Morgan fingerprint density at radius 3 is 2.51 bits per heavy atom. The average Bonchev–Trinajstić information content (AvgIpc) is 3.54. The highest BCUT2D eigenvalue weighted by atomic mass is 32.2. The third-order valence-corrected chi connectivity index (χ3v) is 8.41. The average molecular weight is 514 g/mol. The van der Waals surface area contributed by atoms with Crippen LogP contribution in [0.2, 0.25) is 0 Å². The van der Waals surface area contributed by atoms with E-state index in [1.165, 1.54) is 23.6 Å². The van der Waals surface area contributed by atoms with Gasteiger partial charge in [-0.05, 0) is 49.4 Å². The second kappa shape index (κ2) is 9.31. The van der Waals surface area contributed by atoms with Crippen molar-refractivity contribution < 1.29 is 17.6 Å². The molecule has 8 nitrogen and oxygen atoms in total. The maximum Gasteiger partial charge on any atom is 0.263 e. The van der Waals surface area contributed by atoms with Crippen molar-refractivity contribution in [2.24, 2.45) is 0 Å². The Morgan fingerprint density at radius 1 is 1.09 bits per heavy atom. The van der Waals surface area contributed by atoms with Crippen LogP contribution in [0.5, 0.6) is 0 Å². The van der Waals surface area contributed by atoms with Crippen molar-refractivity contribution in [2.75, 3.05) is 35.8 Å². The van der Waals surface area contributed by atoms with Crippen molar-refractivity contribution in [2.45, 2.75) is 17.9 Å². The lowest BCUT2D eigenvalue weighted by Gasteiger charge is -2.37. The zero-order chi connectivity index (χ0) is 24.6. The number of nitrogens with zero attached hydrogens (tertiary/aromatic N) is 4. The van der Waals surface area contributed by atoms with Crippen molar-refractivity contribution in [3.63, 3.8) is 0 Å². The minimum Gasteiger partial charge on any atom is -0.368 e. The van der Waals surface area contributed by atoms with Crippen molar-refractivity contribution in [3.05, 3.63) is 72.1 Å². The van der Waals surface area contributed by atoms with E-state index >= 15 is 0 Å². The number of hydrogen-bond donors (Lipinski definition) is 1. The molecule has 0 radical (unpaired) electrons. The normalized spacial score (nSPS) is 15.4. The Bertz CT molecular complexity index is 1440. The molecule has 3 heterocycles. The van der Waals surface area contributed by atoms with Gasteiger partial charge in [-0.3, -0.25) is 9.52 Å². The molecule has 1 atom stereocenters. The van der Waals surface area contributed by atoms with Crippen LogP contribution in [-0.4, -0.2) is 55.0 Å². The summed E-state index contributed by atoms with van der Waals surface area (Å²) >= 11 is 1.21.